The molecule has 2 amide bonds. The van der Waals surface area contributed by atoms with Gasteiger partial charge in [-0.1, -0.05) is 18.7 Å². The van der Waals surface area contributed by atoms with Gasteiger partial charge in [0, 0.05) is 5.57 Å². The third-order valence-corrected chi connectivity index (χ3v) is 5.12. The summed E-state index contributed by atoms with van der Waals surface area (Å²) in [5.41, 5.74) is 0.827. The number of esters is 1. The maximum atomic E-state index is 12.7. The van der Waals surface area contributed by atoms with Crippen LogP contribution in [0, 0.1) is 23.7 Å². The Labute approximate surface area is 139 Å². The number of carbonyl (C=O) groups is 3. The number of allylic oxidation sites excluding steroid dienone is 2. The Morgan fingerprint density at radius 3 is 2.12 bits per heavy atom. The quantitative estimate of drug-likeness (QED) is 0.282. The molecule has 2 aliphatic carbocycles. The minimum Gasteiger partial charge on any atom is -0.423 e. The summed E-state index contributed by atoms with van der Waals surface area (Å²) in [6.07, 6.45) is 5.05. The van der Waals surface area contributed by atoms with Crippen molar-refractivity contribution in [3.05, 3.63) is 48.6 Å². The van der Waals surface area contributed by atoms with E-state index >= 15 is 0 Å². The number of ether oxygens (including phenoxy) is 1. The van der Waals surface area contributed by atoms with E-state index in [9.17, 15) is 14.4 Å². The molecule has 0 aromatic heterocycles. The number of carbonyl (C=O) groups excluding carboxylic acids is 3. The topological polar surface area (TPSA) is 63.7 Å². The number of hydrogen-bond donors (Lipinski definition) is 0. The van der Waals surface area contributed by atoms with Gasteiger partial charge in [0.1, 0.15) is 5.75 Å². The Hall–Kier alpha value is -2.69. The van der Waals surface area contributed by atoms with E-state index in [1.54, 1.807) is 31.2 Å². The van der Waals surface area contributed by atoms with E-state index in [4.69, 9.17) is 4.74 Å². The van der Waals surface area contributed by atoms with Gasteiger partial charge in [-0.15, -0.1) is 0 Å². The predicted octanol–water partition coefficient (Wildman–Crippen LogP) is 2.48. The van der Waals surface area contributed by atoms with Crippen LogP contribution < -0.4 is 9.64 Å². The highest BCUT2D eigenvalue weighted by molar-refractivity contribution is 6.22. The molecule has 0 N–H and O–H groups in total. The Morgan fingerprint density at radius 2 is 1.62 bits per heavy atom. The Balaban J connectivity index is 1.57. The van der Waals surface area contributed by atoms with Gasteiger partial charge in [0.05, 0.1) is 17.5 Å². The molecule has 1 aliphatic heterocycles. The molecule has 4 atom stereocenters. The first kappa shape index (κ1) is 14.9. The molecule has 3 aliphatic rings. The van der Waals surface area contributed by atoms with Crippen LogP contribution in [0.2, 0.25) is 0 Å². The Kier molecular flexibility index (Phi) is 3.20. The van der Waals surface area contributed by atoms with Gasteiger partial charge < -0.3 is 4.74 Å². The molecule has 1 saturated carbocycles. The fourth-order valence-electron chi connectivity index (χ4n) is 4.01. The third-order valence-electron chi connectivity index (χ3n) is 5.12. The van der Waals surface area contributed by atoms with Crippen LogP contribution in [0.25, 0.3) is 0 Å². The van der Waals surface area contributed by atoms with Crippen molar-refractivity contribution in [3.63, 3.8) is 0 Å². The van der Waals surface area contributed by atoms with Gasteiger partial charge in [-0.3, -0.25) is 14.5 Å². The summed E-state index contributed by atoms with van der Waals surface area (Å²) in [5, 5.41) is 0. The number of imide groups is 1. The molecule has 2 bridgehead atoms. The van der Waals surface area contributed by atoms with E-state index in [1.165, 1.54) is 4.90 Å². The summed E-state index contributed by atoms with van der Waals surface area (Å²) in [6, 6.07) is 6.43. The van der Waals surface area contributed by atoms with E-state index in [1.807, 2.05) is 0 Å². The number of amides is 2. The highest BCUT2D eigenvalue weighted by atomic mass is 16.5. The molecule has 0 spiro atoms. The van der Waals surface area contributed by atoms with Crippen LogP contribution >= 0.6 is 0 Å². The van der Waals surface area contributed by atoms with Gasteiger partial charge >= 0.3 is 5.97 Å². The van der Waals surface area contributed by atoms with E-state index in [-0.39, 0.29) is 35.5 Å². The molecule has 0 unspecified atom stereocenters. The number of rotatable bonds is 3. The second-order valence-corrected chi connectivity index (χ2v) is 6.68. The second kappa shape index (κ2) is 5.16. The fourth-order valence-corrected chi connectivity index (χ4v) is 4.01. The number of nitrogens with zero attached hydrogens (tertiary/aromatic N) is 1. The lowest BCUT2D eigenvalue weighted by molar-refractivity contribution is -0.130. The van der Waals surface area contributed by atoms with Gasteiger partial charge in [-0.05, 0) is 49.4 Å². The highest BCUT2D eigenvalue weighted by Gasteiger charge is 2.59. The molecule has 122 valence electrons. The molecular weight excluding hydrogens is 306 g/mol. The monoisotopic (exact) mass is 323 g/mol. The fraction of sp³-hybridized carbons (Fsp3) is 0.316. The highest BCUT2D eigenvalue weighted by Crippen LogP contribution is 2.53. The van der Waals surface area contributed by atoms with E-state index in [0.29, 0.717) is 17.0 Å². The maximum Gasteiger partial charge on any atom is 0.338 e. The summed E-state index contributed by atoms with van der Waals surface area (Å²) >= 11 is 0. The molecule has 2 fully saturated rings. The first-order chi connectivity index (χ1) is 11.5. The SMILES string of the molecule is C=C(C)C(=O)Oc1ccc(N2C(=O)[C@@H]3[C@H](C2=O)[C@H]2C=C[C@@H]3C2)cc1. The maximum absolute atomic E-state index is 12.7. The van der Waals surface area contributed by atoms with E-state index in [0.717, 1.165) is 6.42 Å². The van der Waals surface area contributed by atoms with Crippen LogP contribution in [-0.2, 0) is 14.4 Å². The molecule has 0 radical (unpaired) electrons. The molecule has 24 heavy (non-hydrogen) atoms. The van der Waals surface area contributed by atoms with Gasteiger partial charge in [-0.25, -0.2) is 4.79 Å². The minimum atomic E-state index is -0.506. The van der Waals surface area contributed by atoms with Crippen molar-refractivity contribution in [3.8, 4) is 5.75 Å². The standard InChI is InChI=1S/C19H17NO4/c1-10(2)19(23)24-14-7-5-13(6-8-14)20-17(21)15-11-3-4-12(9-11)16(15)18(20)22/h3-8,11-12,15-16H,1,9H2,2H3/t11-,12+,15+,16-. The zero-order chi connectivity index (χ0) is 17.0. The molecule has 1 aromatic rings. The number of fused-ring (bicyclic) bond motifs is 5. The predicted molar refractivity (Wildman–Crippen MR) is 87.1 cm³/mol. The largest absolute Gasteiger partial charge is 0.423 e. The molecule has 4 rings (SSSR count). The van der Waals surface area contributed by atoms with Gasteiger partial charge in [0.25, 0.3) is 0 Å². The number of benzene rings is 1. The van der Waals surface area contributed by atoms with Crippen LogP contribution in [0.3, 0.4) is 0 Å². The van der Waals surface area contributed by atoms with E-state index in [2.05, 4.69) is 18.7 Å². The normalized spacial score (nSPS) is 30.0. The molecular formula is C19H17NO4. The number of hydrogen-bond acceptors (Lipinski definition) is 4. The Morgan fingerprint density at radius 1 is 1.08 bits per heavy atom. The number of anilines is 1. The van der Waals surface area contributed by atoms with Gasteiger partial charge in [0.2, 0.25) is 11.8 Å². The summed E-state index contributed by atoms with van der Waals surface area (Å²) in [5.74, 6) is -0.431. The average molecular weight is 323 g/mol. The summed E-state index contributed by atoms with van der Waals surface area (Å²) in [7, 11) is 0. The van der Waals surface area contributed by atoms with Crippen molar-refractivity contribution in [1.29, 1.82) is 0 Å². The lowest BCUT2D eigenvalue weighted by Gasteiger charge is -2.17. The smallest absolute Gasteiger partial charge is 0.338 e. The minimum absolute atomic E-state index is 0.117. The van der Waals surface area contributed by atoms with Crippen molar-refractivity contribution >= 4 is 23.5 Å². The first-order valence-corrected chi connectivity index (χ1v) is 8.01. The lowest BCUT2D eigenvalue weighted by Crippen LogP contribution is -2.32. The van der Waals surface area contributed by atoms with Crippen molar-refractivity contribution in [2.75, 3.05) is 4.90 Å². The molecule has 5 nitrogen and oxygen atoms in total. The Bertz CT molecular complexity index is 762. The zero-order valence-corrected chi connectivity index (χ0v) is 13.3. The first-order valence-electron chi connectivity index (χ1n) is 8.01. The van der Waals surface area contributed by atoms with Gasteiger partial charge in [-0.2, -0.15) is 0 Å². The van der Waals surface area contributed by atoms with Crippen LogP contribution in [0.5, 0.6) is 5.75 Å². The van der Waals surface area contributed by atoms with E-state index < -0.39 is 5.97 Å². The van der Waals surface area contributed by atoms with Gasteiger partial charge in [0.15, 0.2) is 0 Å². The molecule has 5 heteroatoms. The van der Waals surface area contributed by atoms with Crippen molar-refractivity contribution in [2.24, 2.45) is 23.7 Å². The van der Waals surface area contributed by atoms with Crippen LogP contribution in [-0.4, -0.2) is 17.8 Å². The van der Waals surface area contributed by atoms with Crippen molar-refractivity contribution < 1.29 is 19.1 Å². The molecule has 1 aromatic carbocycles. The second-order valence-electron chi connectivity index (χ2n) is 6.68. The molecule has 1 saturated heterocycles. The average Bonchev–Trinajstić information content (AvgIpc) is 3.22. The van der Waals surface area contributed by atoms with Crippen LogP contribution in [0.4, 0.5) is 5.69 Å². The van der Waals surface area contributed by atoms with Crippen LogP contribution in [0.15, 0.2) is 48.6 Å². The lowest BCUT2D eigenvalue weighted by atomic mass is 9.85. The van der Waals surface area contributed by atoms with Crippen molar-refractivity contribution in [1.82, 2.24) is 0 Å². The zero-order valence-electron chi connectivity index (χ0n) is 13.3. The molecule has 1 heterocycles. The summed E-state index contributed by atoms with van der Waals surface area (Å²) in [6.45, 7) is 5.09. The third kappa shape index (κ3) is 2.04. The summed E-state index contributed by atoms with van der Waals surface area (Å²) in [4.78, 5) is 38.2. The summed E-state index contributed by atoms with van der Waals surface area (Å²) < 4.78 is 5.13. The van der Waals surface area contributed by atoms with Crippen molar-refractivity contribution in [2.45, 2.75) is 13.3 Å². The van der Waals surface area contributed by atoms with Crippen LogP contribution in [0.1, 0.15) is 13.3 Å².